The SMILES string of the molecule is CN(C)CCC(=O)N1CCc2ccc(Nc3nccc(NCC4CCOCC4)n3)cc21. The maximum atomic E-state index is 12.7. The molecule has 3 heterocycles. The molecule has 0 bridgehead atoms. The average Bonchev–Trinajstić information content (AvgIpc) is 3.20. The van der Waals surface area contributed by atoms with Gasteiger partial charge < -0.3 is 25.2 Å². The fraction of sp³-hybridized carbons (Fsp3) is 0.522. The van der Waals surface area contributed by atoms with Crippen LogP contribution in [-0.2, 0) is 16.0 Å². The Labute approximate surface area is 184 Å². The Morgan fingerprint density at radius 2 is 2.10 bits per heavy atom. The summed E-state index contributed by atoms with van der Waals surface area (Å²) in [7, 11) is 3.97. The van der Waals surface area contributed by atoms with Crippen LogP contribution in [0, 0.1) is 5.92 Å². The highest BCUT2D eigenvalue weighted by Crippen LogP contribution is 2.32. The van der Waals surface area contributed by atoms with Gasteiger partial charge in [0.05, 0.1) is 0 Å². The number of fused-ring (bicyclic) bond motifs is 1. The number of hydrogen-bond acceptors (Lipinski definition) is 7. The summed E-state index contributed by atoms with van der Waals surface area (Å²) < 4.78 is 5.43. The van der Waals surface area contributed by atoms with Gasteiger partial charge in [0.15, 0.2) is 0 Å². The summed E-state index contributed by atoms with van der Waals surface area (Å²) in [5, 5.41) is 6.72. The van der Waals surface area contributed by atoms with E-state index in [1.807, 2.05) is 42.1 Å². The topological polar surface area (TPSA) is 82.6 Å². The Kier molecular flexibility index (Phi) is 6.99. The zero-order chi connectivity index (χ0) is 21.6. The van der Waals surface area contributed by atoms with Gasteiger partial charge in [-0.05, 0) is 63.0 Å². The molecule has 2 aliphatic rings. The van der Waals surface area contributed by atoms with Gasteiger partial charge in [0, 0.05) is 56.8 Å². The van der Waals surface area contributed by atoms with Gasteiger partial charge in [-0.15, -0.1) is 0 Å². The molecule has 1 fully saturated rings. The van der Waals surface area contributed by atoms with Crippen LogP contribution in [0.2, 0.25) is 0 Å². The molecule has 1 amide bonds. The molecule has 1 saturated heterocycles. The second kappa shape index (κ2) is 10.1. The number of aromatic nitrogens is 2. The summed E-state index contributed by atoms with van der Waals surface area (Å²) in [5.41, 5.74) is 3.08. The number of nitrogens with zero attached hydrogens (tertiary/aromatic N) is 4. The number of nitrogens with one attached hydrogen (secondary N) is 2. The van der Waals surface area contributed by atoms with Gasteiger partial charge in [-0.1, -0.05) is 6.07 Å². The van der Waals surface area contributed by atoms with E-state index < -0.39 is 0 Å². The molecule has 8 nitrogen and oxygen atoms in total. The van der Waals surface area contributed by atoms with Crippen molar-refractivity contribution in [2.75, 3.05) is 62.5 Å². The third-order valence-electron chi connectivity index (χ3n) is 5.88. The van der Waals surface area contributed by atoms with Crippen molar-refractivity contribution in [1.29, 1.82) is 0 Å². The van der Waals surface area contributed by atoms with Crippen molar-refractivity contribution in [3.63, 3.8) is 0 Å². The van der Waals surface area contributed by atoms with E-state index in [-0.39, 0.29) is 5.91 Å². The zero-order valence-electron chi connectivity index (χ0n) is 18.4. The minimum Gasteiger partial charge on any atom is -0.381 e. The van der Waals surface area contributed by atoms with Gasteiger partial charge in [-0.2, -0.15) is 4.98 Å². The van der Waals surface area contributed by atoms with Crippen molar-refractivity contribution in [1.82, 2.24) is 14.9 Å². The molecule has 4 rings (SSSR count). The number of hydrogen-bond donors (Lipinski definition) is 2. The van der Waals surface area contributed by atoms with E-state index in [0.29, 0.717) is 18.3 Å². The Morgan fingerprint density at radius 3 is 2.90 bits per heavy atom. The number of benzene rings is 1. The van der Waals surface area contributed by atoms with Crippen LogP contribution in [0.1, 0.15) is 24.8 Å². The van der Waals surface area contributed by atoms with E-state index in [1.165, 1.54) is 5.56 Å². The quantitative estimate of drug-likeness (QED) is 0.674. The van der Waals surface area contributed by atoms with Crippen molar-refractivity contribution in [2.45, 2.75) is 25.7 Å². The van der Waals surface area contributed by atoms with Crippen molar-refractivity contribution < 1.29 is 9.53 Å². The Balaban J connectivity index is 1.39. The van der Waals surface area contributed by atoms with Crippen molar-refractivity contribution in [3.8, 4) is 0 Å². The highest BCUT2D eigenvalue weighted by molar-refractivity contribution is 5.96. The molecule has 0 atom stereocenters. The second-order valence-corrected chi connectivity index (χ2v) is 8.52. The normalized spacial score (nSPS) is 16.4. The maximum Gasteiger partial charge on any atom is 0.229 e. The lowest BCUT2D eigenvalue weighted by molar-refractivity contribution is -0.118. The minimum atomic E-state index is 0.167. The lowest BCUT2D eigenvalue weighted by Crippen LogP contribution is -2.31. The van der Waals surface area contributed by atoms with Gasteiger partial charge in [0.1, 0.15) is 5.82 Å². The van der Waals surface area contributed by atoms with Crippen LogP contribution in [0.25, 0.3) is 0 Å². The minimum absolute atomic E-state index is 0.167. The van der Waals surface area contributed by atoms with Crippen LogP contribution in [0.4, 0.5) is 23.1 Å². The predicted molar refractivity (Wildman–Crippen MR) is 123 cm³/mol. The smallest absolute Gasteiger partial charge is 0.229 e. The first-order valence-corrected chi connectivity index (χ1v) is 11.1. The highest BCUT2D eigenvalue weighted by Gasteiger charge is 2.24. The first-order chi connectivity index (χ1) is 15.1. The number of anilines is 4. The van der Waals surface area contributed by atoms with E-state index in [1.54, 1.807) is 6.20 Å². The fourth-order valence-electron chi connectivity index (χ4n) is 4.02. The van der Waals surface area contributed by atoms with Gasteiger partial charge >= 0.3 is 0 Å². The summed E-state index contributed by atoms with van der Waals surface area (Å²) in [6.07, 6.45) is 5.34. The number of amides is 1. The van der Waals surface area contributed by atoms with Crippen molar-refractivity contribution in [2.24, 2.45) is 5.92 Å². The molecule has 0 aliphatic carbocycles. The lowest BCUT2D eigenvalue weighted by atomic mass is 10.0. The van der Waals surface area contributed by atoms with Crippen molar-refractivity contribution in [3.05, 3.63) is 36.0 Å². The number of carbonyl (C=O) groups is 1. The van der Waals surface area contributed by atoms with Gasteiger partial charge in [-0.3, -0.25) is 4.79 Å². The Morgan fingerprint density at radius 1 is 1.26 bits per heavy atom. The summed E-state index contributed by atoms with van der Waals surface area (Å²) in [5.74, 6) is 2.14. The second-order valence-electron chi connectivity index (χ2n) is 8.52. The van der Waals surface area contributed by atoms with Crippen LogP contribution < -0.4 is 15.5 Å². The third kappa shape index (κ3) is 5.71. The molecule has 1 aromatic heterocycles. The molecular weight excluding hydrogens is 392 g/mol. The van der Waals surface area contributed by atoms with E-state index in [2.05, 4.69) is 26.7 Å². The number of rotatable bonds is 8. The van der Waals surface area contributed by atoms with Gasteiger partial charge in [-0.25, -0.2) is 4.98 Å². The molecule has 166 valence electrons. The average molecular weight is 425 g/mol. The molecule has 31 heavy (non-hydrogen) atoms. The maximum absolute atomic E-state index is 12.7. The molecule has 2 aliphatic heterocycles. The van der Waals surface area contributed by atoms with E-state index in [0.717, 1.165) is 69.3 Å². The van der Waals surface area contributed by atoms with Gasteiger partial charge in [0.2, 0.25) is 11.9 Å². The van der Waals surface area contributed by atoms with Crippen LogP contribution in [0.3, 0.4) is 0 Å². The van der Waals surface area contributed by atoms with Crippen LogP contribution in [0.5, 0.6) is 0 Å². The van der Waals surface area contributed by atoms with E-state index >= 15 is 0 Å². The lowest BCUT2D eigenvalue weighted by Gasteiger charge is -2.22. The Hall–Kier alpha value is -2.71. The standard InChI is InChI=1S/C23H32N6O2/c1-28(2)11-7-22(30)29-12-6-18-3-4-19(15-20(18)29)26-23-24-10-5-21(27-23)25-16-17-8-13-31-14-9-17/h3-5,10,15,17H,6-9,11-14,16H2,1-2H3,(H2,24,25,26,27). The molecule has 1 aromatic carbocycles. The third-order valence-corrected chi connectivity index (χ3v) is 5.88. The molecule has 0 saturated carbocycles. The molecule has 8 heteroatoms. The molecule has 0 radical (unpaired) electrons. The van der Waals surface area contributed by atoms with Crippen LogP contribution in [0.15, 0.2) is 30.5 Å². The number of carbonyl (C=O) groups excluding carboxylic acids is 1. The molecule has 2 aromatic rings. The number of ether oxygens (including phenoxy) is 1. The van der Waals surface area contributed by atoms with E-state index in [4.69, 9.17) is 4.74 Å². The first kappa shape index (κ1) is 21.5. The van der Waals surface area contributed by atoms with Crippen molar-refractivity contribution >= 4 is 29.0 Å². The fourth-order valence-corrected chi connectivity index (χ4v) is 4.02. The first-order valence-electron chi connectivity index (χ1n) is 11.1. The summed E-state index contributed by atoms with van der Waals surface area (Å²) in [4.78, 5) is 25.6. The molecule has 2 N–H and O–H groups in total. The predicted octanol–water partition coefficient (Wildman–Crippen LogP) is 2.90. The summed E-state index contributed by atoms with van der Waals surface area (Å²) in [6.45, 7) is 4.08. The van der Waals surface area contributed by atoms with Crippen LogP contribution in [-0.4, -0.2) is 67.7 Å². The molecule has 0 unspecified atom stereocenters. The summed E-state index contributed by atoms with van der Waals surface area (Å²) in [6, 6.07) is 8.03. The van der Waals surface area contributed by atoms with E-state index in [9.17, 15) is 4.79 Å². The monoisotopic (exact) mass is 424 g/mol. The summed E-state index contributed by atoms with van der Waals surface area (Å²) >= 11 is 0. The largest absolute Gasteiger partial charge is 0.381 e. The molecular formula is C23H32N6O2. The highest BCUT2D eigenvalue weighted by atomic mass is 16.5. The van der Waals surface area contributed by atoms with Gasteiger partial charge in [0.25, 0.3) is 0 Å². The van der Waals surface area contributed by atoms with Crippen LogP contribution >= 0.6 is 0 Å². The zero-order valence-corrected chi connectivity index (χ0v) is 18.4. The Bertz CT molecular complexity index is 897. The molecule has 0 spiro atoms.